The summed E-state index contributed by atoms with van der Waals surface area (Å²) in [6.07, 6.45) is 9.10. The highest BCUT2D eigenvalue weighted by Crippen LogP contribution is 2.35. The lowest BCUT2D eigenvalue weighted by molar-refractivity contribution is 0.370. The Morgan fingerprint density at radius 2 is 1.05 bits per heavy atom. The quantitative estimate of drug-likeness (QED) is 0.272. The molecule has 20 heavy (non-hydrogen) atoms. The zero-order valence-electron chi connectivity index (χ0n) is 11.9. The van der Waals surface area contributed by atoms with E-state index in [0.29, 0.717) is 12.8 Å². The summed E-state index contributed by atoms with van der Waals surface area (Å²) >= 11 is 0. The van der Waals surface area contributed by atoms with Gasteiger partial charge in [0.25, 0.3) is 10.1 Å². The Hall–Kier alpha value is 0.0600. The molecule has 0 radical (unpaired) electrons. The summed E-state index contributed by atoms with van der Waals surface area (Å²) in [7, 11) is -7.62. The van der Waals surface area contributed by atoms with Gasteiger partial charge in [-0.1, -0.05) is 51.4 Å². The molecule has 0 rings (SSSR count). The third-order valence-electron chi connectivity index (χ3n) is 3.10. The van der Waals surface area contributed by atoms with Crippen LogP contribution in [-0.4, -0.2) is 34.7 Å². The number of hydrogen-bond acceptors (Lipinski definition) is 3. The van der Waals surface area contributed by atoms with Crippen LogP contribution in [0.2, 0.25) is 0 Å². The van der Waals surface area contributed by atoms with Gasteiger partial charge in [0.15, 0.2) is 0 Å². The molecule has 6 nitrogen and oxygen atoms in total. The van der Waals surface area contributed by atoms with Crippen LogP contribution < -0.4 is 0 Å². The van der Waals surface area contributed by atoms with E-state index in [1.54, 1.807) is 0 Å². The zero-order chi connectivity index (χ0) is 15.5. The first-order valence-corrected chi connectivity index (χ1v) is 10.6. The Bertz CT molecular complexity index is 375. The van der Waals surface area contributed by atoms with Gasteiger partial charge in [0, 0.05) is 6.16 Å². The van der Waals surface area contributed by atoms with E-state index in [9.17, 15) is 13.0 Å². The minimum absolute atomic E-state index is 0.0131. The first-order chi connectivity index (χ1) is 9.21. The van der Waals surface area contributed by atoms with Crippen molar-refractivity contribution in [1.29, 1.82) is 0 Å². The summed E-state index contributed by atoms with van der Waals surface area (Å²) in [5, 5.41) is 0. The second kappa shape index (κ2) is 10.7. The van der Waals surface area contributed by atoms with Gasteiger partial charge in [0.2, 0.25) is 0 Å². The lowest BCUT2D eigenvalue weighted by Gasteiger charge is -2.04. The molecule has 0 saturated carbocycles. The molecule has 0 bridgehead atoms. The SMILES string of the molecule is O=P(O)(O)CCCCCCCCCCCCS(=O)(=O)O. The van der Waals surface area contributed by atoms with Crippen LogP contribution in [0.25, 0.3) is 0 Å². The summed E-state index contributed by atoms with van der Waals surface area (Å²) in [5.41, 5.74) is 0. The van der Waals surface area contributed by atoms with Gasteiger partial charge in [-0.25, -0.2) is 0 Å². The molecule has 0 atom stereocenters. The fourth-order valence-electron chi connectivity index (χ4n) is 2.02. The number of unbranched alkanes of at least 4 members (excludes halogenated alkanes) is 9. The Balaban J connectivity index is 3.16. The molecule has 0 fully saturated rings. The largest absolute Gasteiger partial charge is 0.325 e. The molecule has 0 aliphatic rings. The van der Waals surface area contributed by atoms with E-state index in [4.69, 9.17) is 14.3 Å². The van der Waals surface area contributed by atoms with Gasteiger partial charge in [-0.05, 0) is 12.8 Å². The molecule has 0 aromatic carbocycles. The van der Waals surface area contributed by atoms with Crippen LogP contribution in [0.1, 0.15) is 64.2 Å². The highest BCUT2D eigenvalue weighted by Gasteiger charge is 2.10. The van der Waals surface area contributed by atoms with Gasteiger partial charge in [-0.15, -0.1) is 0 Å². The maximum Gasteiger partial charge on any atom is 0.325 e. The minimum atomic E-state index is -3.82. The molecule has 0 aliphatic heterocycles. The fourth-order valence-corrected chi connectivity index (χ4v) is 3.22. The molecular formula is C12H27O6PS. The van der Waals surface area contributed by atoms with Crippen molar-refractivity contribution in [3.05, 3.63) is 0 Å². The van der Waals surface area contributed by atoms with Crippen molar-refractivity contribution >= 4 is 17.7 Å². The average molecular weight is 330 g/mol. The van der Waals surface area contributed by atoms with Crippen molar-refractivity contribution in [3.63, 3.8) is 0 Å². The number of hydrogen-bond donors (Lipinski definition) is 3. The van der Waals surface area contributed by atoms with Crippen LogP contribution in [0.4, 0.5) is 0 Å². The molecule has 3 N–H and O–H groups in total. The zero-order valence-corrected chi connectivity index (χ0v) is 13.6. The van der Waals surface area contributed by atoms with Crippen molar-refractivity contribution in [2.75, 3.05) is 11.9 Å². The maximum absolute atomic E-state index is 10.6. The van der Waals surface area contributed by atoms with Crippen molar-refractivity contribution in [3.8, 4) is 0 Å². The summed E-state index contributed by atoms with van der Waals surface area (Å²) in [6, 6.07) is 0. The molecule has 0 aliphatic carbocycles. The van der Waals surface area contributed by atoms with Crippen molar-refractivity contribution < 1.29 is 27.3 Å². The van der Waals surface area contributed by atoms with E-state index in [1.165, 1.54) is 0 Å². The predicted octanol–water partition coefficient (Wildman–Crippen LogP) is 2.95. The van der Waals surface area contributed by atoms with Crippen LogP contribution in [0.15, 0.2) is 0 Å². The van der Waals surface area contributed by atoms with Crippen LogP contribution in [0.3, 0.4) is 0 Å². The van der Waals surface area contributed by atoms with Crippen LogP contribution in [0.5, 0.6) is 0 Å². The normalized spacial score (nSPS) is 12.8. The average Bonchev–Trinajstić information content (AvgIpc) is 2.27. The molecule has 0 aromatic rings. The summed E-state index contributed by atoms with van der Waals surface area (Å²) in [4.78, 5) is 17.3. The second-order valence-corrected chi connectivity index (χ2v) is 8.56. The molecule has 0 heterocycles. The first-order valence-electron chi connectivity index (χ1n) is 7.20. The van der Waals surface area contributed by atoms with Gasteiger partial charge in [0.05, 0.1) is 5.75 Å². The fraction of sp³-hybridized carbons (Fsp3) is 1.00. The maximum atomic E-state index is 10.6. The molecule has 0 amide bonds. The first kappa shape index (κ1) is 20.1. The third kappa shape index (κ3) is 18.1. The van der Waals surface area contributed by atoms with E-state index >= 15 is 0 Å². The Kier molecular flexibility index (Phi) is 10.8. The minimum Gasteiger partial charge on any atom is -0.324 e. The van der Waals surface area contributed by atoms with E-state index < -0.39 is 17.7 Å². The molecule has 0 aromatic heterocycles. The topological polar surface area (TPSA) is 112 Å². The molecule has 0 saturated heterocycles. The van der Waals surface area contributed by atoms with Crippen LogP contribution in [0, 0.1) is 0 Å². The van der Waals surface area contributed by atoms with Gasteiger partial charge in [-0.3, -0.25) is 9.12 Å². The van der Waals surface area contributed by atoms with Crippen LogP contribution in [-0.2, 0) is 14.7 Å². The highest BCUT2D eigenvalue weighted by molar-refractivity contribution is 7.85. The van der Waals surface area contributed by atoms with Gasteiger partial charge < -0.3 is 9.79 Å². The van der Waals surface area contributed by atoms with Crippen molar-refractivity contribution in [1.82, 2.24) is 0 Å². The van der Waals surface area contributed by atoms with E-state index in [-0.39, 0.29) is 11.9 Å². The lowest BCUT2D eigenvalue weighted by atomic mass is 10.1. The second-order valence-electron chi connectivity index (χ2n) is 5.21. The molecule has 8 heteroatoms. The Morgan fingerprint density at radius 1 is 0.700 bits per heavy atom. The van der Waals surface area contributed by atoms with Crippen molar-refractivity contribution in [2.45, 2.75) is 64.2 Å². The Labute approximate surface area is 121 Å². The lowest BCUT2D eigenvalue weighted by Crippen LogP contribution is -2.03. The van der Waals surface area contributed by atoms with E-state index in [1.807, 2.05) is 0 Å². The van der Waals surface area contributed by atoms with Gasteiger partial charge >= 0.3 is 7.60 Å². The third-order valence-corrected chi connectivity index (χ3v) is 4.81. The molecule has 0 spiro atoms. The van der Waals surface area contributed by atoms with Gasteiger partial charge in [0.1, 0.15) is 0 Å². The molecule has 0 unspecified atom stereocenters. The molecular weight excluding hydrogens is 303 g/mol. The van der Waals surface area contributed by atoms with Crippen molar-refractivity contribution in [2.24, 2.45) is 0 Å². The van der Waals surface area contributed by atoms with Gasteiger partial charge in [-0.2, -0.15) is 8.42 Å². The van der Waals surface area contributed by atoms with E-state index in [0.717, 1.165) is 51.4 Å². The standard InChI is InChI=1S/C12H27O6PS/c13-19(14,15)11-9-7-5-3-1-2-4-6-8-10-12-20(16,17)18/h1-12H2,(H2,13,14,15)(H,16,17,18). The monoisotopic (exact) mass is 330 g/mol. The predicted molar refractivity (Wildman–Crippen MR) is 79.5 cm³/mol. The molecule has 122 valence electrons. The highest BCUT2D eigenvalue weighted by atomic mass is 32.2. The Morgan fingerprint density at radius 3 is 1.40 bits per heavy atom. The smallest absolute Gasteiger partial charge is 0.324 e. The van der Waals surface area contributed by atoms with Crippen LogP contribution >= 0.6 is 7.60 Å². The van der Waals surface area contributed by atoms with E-state index in [2.05, 4.69) is 0 Å². The summed E-state index contributed by atoms with van der Waals surface area (Å²) in [6.45, 7) is 0. The summed E-state index contributed by atoms with van der Waals surface area (Å²) in [5.74, 6) is -0.146. The number of rotatable bonds is 13. The summed E-state index contributed by atoms with van der Waals surface area (Å²) < 4.78 is 40.1.